The molecule has 1 aromatic carbocycles. The number of nitrogens with one attached hydrogen (secondary N) is 1. The monoisotopic (exact) mass is 301 g/mol. The first-order chi connectivity index (χ1) is 10.6. The molecule has 3 unspecified atom stereocenters. The second-order valence-corrected chi connectivity index (χ2v) is 6.98. The fraction of sp³-hybridized carbons (Fsp3) is 0.611. The number of carbonyl (C=O) groups excluding carboxylic acids is 1. The van der Waals surface area contributed by atoms with Gasteiger partial charge >= 0.3 is 0 Å². The maximum atomic E-state index is 12.1. The van der Waals surface area contributed by atoms with Crippen molar-refractivity contribution in [2.45, 2.75) is 38.8 Å². The summed E-state index contributed by atoms with van der Waals surface area (Å²) in [6.07, 6.45) is 3.67. The number of nitrogens with two attached hydrogens (primary N) is 1. The summed E-state index contributed by atoms with van der Waals surface area (Å²) in [4.78, 5) is 14.4. The third kappa shape index (κ3) is 3.68. The topological polar surface area (TPSA) is 58.4 Å². The molecule has 1 amide bonds. The van der Waals surface area contributed by atoms with Crippen LogP contribution in [0.15, 0.2) is 24.3 Å². The van der Waals surface area contributed by atoms with E-state index in [0.29, 0.717) is 31.0 Å². The number of hydrogen-bond acceptors (Lipinski definition) is 3. The molecule has 3 N–H and O–H groups in total. The number of aryl methyl sites for hydroxylation is 1. The first-order valence-electron chi connectivity index (χ1n) is 8.42. The van der Waals surface area contributed by atoms with Crippen molar-refractivity contribution in [2.75, 3.05) is 19.6 Å². The van der Waals surface area contributed by atoms with Gasteiger partial charge in [-0.2, -0.15) is 0 Å². The molecule has 0 spiro atoms. The van der Waals surface area contributed by atoms with E-state index < -0.39 is 0 Å². The molecule has 1 aliphatic heterocycles. The Morgan fingerprint density at radius 1 is 1.27 bits per heavy atom. The van der Waals surface area contributed by atoms with E-state index in [2.05, 4.69) is 41.4 Å². The third-order valence-corrected chi connectivity index (χ3v) is 5.21. The van der Waals surface area contributed by atoms with Gasteiger partial charge in [-0.05, 0) is 37.2 Å². The van der Waals surface area contributed by atoms with Gasteiger partial charge in [-0.3, -0.25) is 9.69 Å². The predicted octanol–water partition coefficient (Wildman–Crippen LogP) is 1.67. The lowest BCUT2D eigenvalue weighted by molar-refractivity contribution is -0.122. The number of nitrogens with zero attached hydrogens (tertiary/aromatic N) is 1. The molecule has 3 atom stereocenters. The van der Waals surface area contributed by atoms with E-state index in [1.165, 1.54) is 18.4 Å². The van der Waals surface area contributed by atoms with Crippen LogP contribution >= 0.6 is 0 Å². The average molecular weight is 301 g/mol. The standard InChI is InChI=1S/C18H27N3O/c1-13-5-7-14(8-6-13)9-20-18(22)12-21-10-15-3-2-4-17(19)16(15)11-21/h5-8,15-17H,2-4,9-12,19H2,1H3,(H,20,22). The van der Waals surface area contributed by atoms with Crippen LogP contribution in [0.2, 0.25) is 0 Å². The minimum absolute atomic E-state index is 0.118. The number of hydrogen-bond donors (Lipinski definition) is 2. The van der Waals surface area contributed by atoms with Crippen molar-refractivity contribution in [2.24, 2.45) is 17.6 Å². The van der Waals surface area contributed by atoms with Crippen LogP contribution in [0.1, 0.15) is 30.4 Å². The molecule has 3 rings (SSSR count). The molecule has 0 bridgehead atoms. The highest BCUT2D eigenvalue weighted by atomic mass is 16.2. The molecule has 120 valence electrons. The first-order valence-corrected chi connectivity index (χ1v) is 8.42. The van der Waals surface area contributed by atoms with Gasteiger partial charge in [-0.15, -0.1) is 0 Å². The molecule has 1 saturated carbocycles. The van der Waals surface area contributed by atoms with Crippen molar-refractivity contribution in [3.8, 4) is 0 Å². The van der Waals surface area contributed by atoms with Crippen LogP contribution in [0, 0.1) is 18.8 Å². The summed E-state index contributed by atoms with van der Waals surface area (Å²) in [5.41, 5.74) is 8.62. The lowest BCUT2D eigenvalue weighted by Gasteiger charge is -2.29. The Morgan fingerprint density at radius 3 is 2.77 bits per heavy atom. The molecule has 1 aliphatic carbocycles. The van der Waals surface area contributed by atoms with E-state index >= 15 is 0 Å². The maximum absolute atomic E-state index is 12.1. The second-order valence-electron chi connectivity index (χ2n) is 6.98. The summed E-state index contributed by atoms with van der Waals surface area (Å²) in [7, 11) is 0. The fourth-order valence-electron chi connectivity index (χ4n) is 3.90. The first kappa shape index (κ1) is 15.5. The van der Waals surface area contributed by atoms with Crippen molar-refractivity contribution in [3.05, 3.63) is 35.4 Å². The second kappa shape index (κ2) is 6.80. The third-order valence-electron chi connectivity index (χ3n) is 5.21. The van der Waals surface area contributed by atoms with Crippen LogP contribution in [0.25, 0.3) is 0 Å². The summed E-state index contributed by atoms with van der Waals surface area (Å²) >= 11 is 0. The minimum Gasteiger partial charge on any atom is -0.351 e. The van der Waals surface area contributed by atoms with Gasteiger partial charge in [-0.25, -0.2) is 0 Å². The molecule has 1 saturated heterocycles. The van der Waals surface area contributed by atoms with Crippen LogP contribution in [0.4, 0.5) is 0 Å². The summed E-state index contributed by atoms with van der Waals surface area (Å²) in [6.45, 7) is 5.21. The highest BCUT2D eigenvalue weighted by molar-refractivity contribution is 5.78. The molecule has 1 heterocycles. The quantitative estimate of drug-likeness (QED) is 0.889. The number of benzene rings is 1. The van der Waals surface area contributed by atoms with Gasteiger partial charge in [0.05, 0.1) is 6.54 Å². The molecular formula is C18H27N3O. The SMILES string of the molecule is Cc1ccc(CNC(=O)CN2CC3CCCC(N)C3C2)cc1. The van der Waals surface area contributed by atoms with Gasteiger partial charge < -0.3 is 11.1 Å². The van der Waals surface area contributed by atoms with Gasteiger partial charge in [0.15, 0.2) is 0 Å². The van der Waals surface area contributed by atoms with Gasteiger partial charge in [-0.1, -0.05) is 36.2 Å². The van der Waals surface area contributed by atoms with E-state index in [0.717, 1.165) is 25.1 Å². The zero-order valence-electron chi connectivity index (χ0n) is 13.4. The normalized spacial score (nSPS) is 28.4. The summed E-state index contributed by atoms with van der Waals surface area (Å²) in [5.74, 6) is 1.42. The Kier molecular flexibility index (Phi) is 4.79. The Morgan fingerprint density at radius 2 is 2.05 bits per heavy atom. The summed E-state index contributed by atoms with van der Waals surface area (Å²) in [5, 5.41) is 3.03. The van der Waals surface area contributed by atoms with E-state index in [9.17, 15) is 4.79 Å². The summed E-state index contributed by atoms with van der Waals surface area (Å²) < 4.78 is 0. The number of likely N-dealkylation sites (tertiary alicyclic amines) is 1. The van der Waals surface area contributed by atoms with Crippen molar-refractivity contribution in [3.63, 3.8) is 0 Å². The minimum atomic E-state index is 0.118. The van der Waals surface area contributed by atoms with Crippen molar-refractivity contribution < 1.29 is 4.79 Å². The highest BCUT2D eigenvalue weighted by Gasteiger charge is 2.38. The summed E-state index contributed by atoms with van der Waals surface area (Å²) in [6, 6.07) is 8.62. The van der Waals surface area contributed by atoms with Crippen molar-refractivity contribution in [1.82, 2.24) is 10.2 Å². The van der Waals surface area contributed by atoms with Crippen LogP contribution in [0.3, 0.4) is 0 Å². The Bertz CT molecular complexity index is 514. The van der Waals surface area contributed by atoms with Crippen LogP contribution in [0.5, 0.6) is 0 Å². The molecule has 2 fully saturated rings. The zero-order chi connectivity index (χ0) is 15.5. The van der Waals surface area contributed by atoms with Crippen molar-refractivity contribution >= 4 is 5.91 Å². The van der Waals surface area contributed by atoms with Gasteiger partial charge in [0, 0.05) is 25.7 Å². The highest BCUT2D eigenvalue weighted by Crippen LogP contribution is 2.35. The Labute approximate surface area is 133 Å². The van der Waals surface area contributed by atoms with E-state index in [4.69, 9.17) is 5.73 Å². The molecule has 0 radical (unpaired) electrons. The molecule has 4 nitrogen and oxygen atoms in total. The maximum Gasteiger partial charge on any atom is 0.234 e. The fourth-order valence-corrected chi connectivity index (χ4v) is 3.90. The van der Waals surface area contributed by atoms with Gasteiger partial charge in [0.2, 0.25) is 5.91 Å². The lowest BCUT2D eigenvalue weighted by atomic mass is 9.78. The average Bonchev–Trinajstić information content (AvgIpc) is 2.90. The van der Waals surface area contributed by atoms with E-state index in [1.807, 2.05) is 0 Å². The molecular weight excluding hydrogens is 274 g/mol. The molecule has 1 aromatic rings. The van der Waals surface area contributed by atoms with E-state index in [-0.39, 0.29) is 5.91 Å². The van der Waals surface area contributed by atoms with Gasteiger partial charge in [0.1, 0.15) is 0 Å². The number of carbonyl (C=O) groups is 1. The predicted molar refractivity (Wildman–Crippen MR) is 88.3 cm³/mol. The zero-order valence-corrected chi connectivity index (χ0v) is 13.4. The van der Waals surface area contributed by atoms with E-state index in [1.54, 1.807) is 0 Å². The van der Waals surface area contributed by atoms with Crippen LogP contribution in [-0.4, -0.2) is 36.5 Å². The van der Waals surface area contributed by atoms with Crippen molar-refractivity contribution in [1.29, 1.82) is 0 Å². The number of fused-ring (bicyclic) bond motifs is 1. The van der Waals surface area contributed by atoms with Crippen LogP contribution < -0.4 is 11.1 Å². The van der Waals surface area contributed by atoms with Gasteiger partial charge in [0.25, 0.3) is 0 Å². The number of rotatable bonds is 4. The molecule has 4 heteroatoms. The largest absolute Gasteiger partial charge is 0.351 e. The Balaban J connectivity index is 1.45. The molecule has 0 aromatic heterocycles. The van der Waals surface area contributed by atoms with Crippen LogP contribution in [-0.2, 0) is 11.3 Å². The Hall–Kier alpha value is -1.39. The lowest BCUT2D eigenvalue weighted by Crippen LogP contribution is -2.39. The molecule has 22 heavy (non-hydrogen) atoms. The molecule has 2 aliphatic rings. The number of amides is 1. The smallest absolute Gasteiger partial charge is 0.234 e.